The Kier molecular flexibility index (Phi) is 4.24. The third-order valence-corrected chi connectivity index (χ3v) is 8.67. The Labute approximate surface area is 206 Å². The van der Waals surface area contributed by atoms with Gasteiger partial charge in [-0.05, 0) is 68.8 Å². The van der Waals surface area contributed by atoms with Crippen molar-refractivity contribution in [2.75, 3.05) is 0 Å². The summed E-state index contributed by atoms with van der Waals surface area (Å²) in [6.45, 7) is 0. The van der Waals surface area contributed by atoms with E-state index < -0.39 is 5.41 Å². The first-order valence-electron chi connectivity index (χ1n) is 11.1. The summed E-state index contributed by atoms with van der Waals surface area (Å²) >= 11 is 5.66. The Bertz CT molecular complexity index is 1520. The Hall–Kier alpha value is -3.07. The molecule has 1 aliphatic carbocycles. The molecule has 156 valence electrons. The number of halogens is 1. The standard InChI is InChI=1S/C31H19BrS/c32-20-17-18-26-24(19-20)22-10-2-1-9-21(22)23-11-3-4-12-25(23)31(26)27-13-5-7-15-29(27)33-30-16-8-6-14-28(30)31/h1-19H. The molecule has 5 aromatic carbocycles. The first-order valence-corrected chi connectivity index (χ1v) is 12.8. The van der Waals surface area contributed by atoms with Crippen LogP contribution in [0, 0.1) is 0 Å². The Morgan fingerprint density at radius 2 is 0.939 bits per heavy atom. The summed E-state index contributed by atoms with van der Waals surface area (Å²) in [5, 5.41) is 0. The van der Waals surface area contributed by atoms with Crippen molar-refractivity contribution in [2.45, 2.75) is 15.2 Å². The van der Waals surface area contributed by atoms with Crippen LogP contribution in [0.2, 0.25) is 0 Å². The van der Waals surface area contributed by atoms with Crippen LogP contribution < -0.4 is 0 Å². The van der Waals surface area contributed by atoms with Crippen molar-refractivity contribution >= 4 is 27.7 Å². The maximum Gasteiger partial charge on any atom is 0.0735 e. The van der Waals surface area contributed by atoms with Gasteiger partial charge in [0.1, 0.15) is 0 Å². The molecule has 33 heavy (non-hydrogen) atoms. The van der Waals surface area contributed by atoms with Crippen LogP contribution in [0.15, 0.2) is 130 Å². The van der Waals surface area contributed by atoms with Crippen LogP contribution >= 0.6 is 27.7 Å². The Balaban J connectivity index is 1.78. The Morgan fingerprint density at radius 1 is 0.455 bits per heavy atom. The molecule has 2 heteroatoms. The molecule has 0 N–H and O–H groups in total. The van der Waals surface area contributed by atoms with Gasteiger partial charge in [0.15, 0.2) is 0 Å². The van der Waals surface area contributed by atoms with Gasteiger partial charge >= 0.3 is 0 Å². The second-order valence-electron chi connectivity index (χ2n) is 8.63. The molecule has 5 aromatic rings. The topological polar surface area (TPSA) is 0 Å². The quantitative estimate of drug-likeness (QED) is 0.199. The summed E-state index contributed by atoms with van der Waals surface area (Å²) in [6, 6.07) is 42.6. The third-order valence-electron chi connectivity index (χ3n) is 7.03. The maximum absolute atomic E-state index is 3.77. The predicted octanol–water partition coefficient (Wildman–Crippen LogP) is 8.94. The van der Waals surface area contributed by atoms with Gasteiger partial charge in [-0.25, -0.2) is 0 Å². The van der Waals surface area contributed by atoms with E-state index >= 15 is 0 Å². The van der Waals surface area contributed by atoms with Crippen LogP contribution in [0.3, 0.4) is 0 Å². The molecule has 1 aliphatic heterocycles. The van der Waals surface area contributed by atoms with Crippen molar-refractivity contribution < 1.29 is 0 Å². The van der Waals surface area contributed by atoms with Crippen molar-refractivity contribution in [2.24, 2.45) is 0 Å². The van der Waals surface area contributed by atoms with Gasteiger partial charge in [-0.15, -0.1) is 0 Å². The average Bonchev–Trinajstić information content (AvgIpc) is 2.97. The fourth-order valence-electron chi connectivity index (χ4n) is 5.78. The maximum atomic E-state index is 3.77. The van der Waals surface area contributed by atoms with E-state index in [1.54, 1.807) is 0 Å². The van der Waals surface area contributed by atoms with Crippen molar-refractivity contribution in [3.8, 4) is 22.3 Å². The number of rotatable bonds is 0. The van der Waals surface area contributed by atoms with E-state index in [0.29, 0.717) is 0 Å². The predicted molar refractivity (Wildman–Crippen MR) is 141 cm³/mol. The minimum atomic E-state index is -0.399. The zero-order chi connectivity index (χ0) is 22.0. The van der Waals surface area contributed by atoms with Crippen LogP contribution in [-0.4, -0.2) is 0 Å². The molecule has 0 nitrogen and oxygen atoms in total. The van der Waals surface area contributed by atoms with Gasteiger partial charge in [0.25, 0.3) is 0 Å². The lowest BCUT2D eigenvalue weighted by Crippen LogP contribution is -2.34. The smallest absolute Gasteiger partial charge is 0.0735 e. The highest BCUT2D eigenvalue weighted by Gasteiger charge is 2.47. The van der Waals surface area contributed by atoms with E-state index in [9.17, 15) is 0 Å². The van der Waals surface area contributed by atoms with Crippen LogP contribution in [-0.2, 0) is 5.41 Å². The minimum absolute atomic E-state index is 0.399. The van der Waals surface area contributed by atoms with Crippen LogP contribution in [0.25, 0.3) is 22.3 Å². The monoisotopic (exact) mass is 502 g/mol. The zero-order valence-electron chi connectivity index (χ0n) is 17.8. The van der Waals surface area contributed by atoms with Gasteiger partial charge < -0.3 is 0 Å². The largest absolute Gasteiger partial charge is 0.0894 e. The van der Waals surface area contributed by atoms with Gasteiger partial charge in [0, 0.05) is 14.3 Å². The van der Waals surface area contributed by atoms with Gasteiger partial charge in [-0.2, -0.15) is 0 Å². The molecule has 0 unspecified atom stereocenters. The molecule has 1 heterocycles. The first-order chi connectivity index (χ1) is 16.3. The first kappa shape index (κ1) is 19.4. The number of hydrogen-bond acceptors (Lipinski definition) is 1. The van der Waals surface area contributed by atoms with E-state index in [-0.39, 0.29) is 0 Å². The van der Waals surface area contributed by atoms with E-state index in [1.807, 2.05) is 11.8 Å². The second-order valence-corrected chi connectivity index (χ2v) is 10.6. The molecule has 2 aliphatic rings. The lowest BCUT2D eigenvalue weighted by Gasteiger charge is -2.42. The van der Waals surface area contributed by atoms with Crippen molar-refractivity contribution in [3.63, 3.8) is 0 Å². The molecule has 0 radical (unpaired) electrons. The molecule has 0 saturated heterocycles. The zero-order valence-corrected chi connectivity index (χ0v) is 20.2. The summed E-state index contributed by atoms with van der Waals surface area (Å²) in [7, 11) is 0. The highest BCUT2D eigenvalue weighted by molar-refractivity contribution is 9.10. The van der Waals surface area contributed by atoms with Crippen LogP contribution in [0.5, 0.6) is 0 Å². The molecule has 0 saturated carbocycles. The van der Waals surface area contributed by atoms with E-state index in [2.05, 4.69) is 131 Å². The van der Waals surface area contributed by atoms with E-state index in [4.69, 9.17) is 0 Å². The fourth-order valence-corrected chi connectivity index (χ4v) is 7.34. The summed E-state index contributed by atoms with van der Waals surface area (Å²) < 4.78 is 1.10. The number of fused-ring (bicyclic) bond motifs is 11. The molecule has 7 rings (SSSR count). The van der Waals surface area contributed by atoms with E-state index in [0.717, 1.165) is 4.47 Å². The second kappa shape index (κ2) is 7.21. The van der Waals surface area contributed by atoms with Gasteiger partial charge in [-0.3, -0.25) is 0 Å². The van der Waals surface area contributed by atoms with Crippen LogP contribution in [0.4, 0.5) is 0 Å². The SMILES string of the molecule is Brc1ccc2c(c1)-c1ccccc1-c1ccccc1C21c2ccccc2Sc2ccccc21. The summed E-state index contributed by atoms with van der Waals surface area (Å²) in [6.07, 6.45) is 0. The number of benzene rings is 5. The molecular formula is C31H19BrS. The van der Waals surface area contributed by atoms with Gasteiger partial charge in [-0.1, -0.05) is 119 Å². The fraction of sp³-hybridized carbons (Fsp3) is 0.0323. The minimum Gasteiger partial charge on any atom is -0.0894 e. The van der Waals surface area contributed by atoms with Gasteiger partial charge in [0.2, 0.25) is 0 Å². The molecule has 0 atom stereocenters. The summed E-state index contributed by atoms with van der Waals surface area (Å²) in [5.74, 6) is 0. The molecule has 0 aromatic heterocycles. The van der Waals surface area contributed by atoms with E-state index in [1.165, 1.54) is 54.3 Å². The van der Waals surface area contributed by atoms with Crippen molar-refractivity contribution in [1.82, 2.24) is 0 Å². The average molecular weight is 503 g/mol. The van der Waals surface area contributed by atoms with Crippen molar-refractivity contribution in [3.05, 3.63) is 142 Å². The molecule has 0 amide bonds. The number of hydrogen-bond donors (Lipinski definition) is 0. The highest BCUT2D eigenvalue weighted by Crippen LogP contribution is 2.60. The third kappa shape index (κ3) is 2.59. The lowest BCUT2D eigenvalue weighted by atomic mass is 9.63. The highest BCUT2D eigenvalue weighted by atomic mass is 79.9. The van der Waals surface area contributed by atoms with Crippen LogP contribution in [0.1, 0.15) is 22.3 Å². The Morgan fingerprint density at radius 3 is 1.61 bits per heavy atom. The molecular weight excluding hydrogens is 484 g/mol. The lowest BCUT2D eigenvalue weighted by molar-refractivity contribution is 0.708. The molecule has 0 bridgehead atoms. The van der Waals surface area contributed by atoms with Gasteiger partial charge in [0.05, 0.1) is 5.41 Å². The molecule has 0 fully saturated rings. The van der Waals surface area contributed by atoms with Crippen molar-refractivity contribution in [1.29, 1.82) is 0 Å². The summed E-state index contributed by atoms with van der Waals surface area (Å²) in [4.78, 5) is 2.65. The normalized spacial score (nSPS) is 14.3. The molecule has 1 spiro atoms. The summed E-state index contributed by atoms with van der Waals surface area (Å²) in [5.41, 5.74) is 10.2.